The smallest absolute Gasteiger partial charge is 0.220 e. The number of hydrogen-bond donors (Lipinski definition) is 0. The van der Waals surface area contributed by atoms with Crippen molar-refractivity contribution in [3.05, 3.63) is 47.9 Å². The van der Waals surface area contributed by atoms with Crippen LogP contribution in [0.5, 0.6) is 5.75 Å². The van der Waals surface area contributed by atoms with Gasteiger partial charge in [-0.25, -0.2) is 9.97 Å². The maximum absolute atomic E-state index is 12.1. The van der Waals surface area contributed by atoms with Gasteiger partial charge in [0.1, 0.15) is 17.9 Å². The summed E-state index contributed by atoms with van der Waals surface area (Å²) in [5.74, 6) is 1.77. The van der Waals surface area contributed by atoms with Crippen LogP contribution in [-0.4, -0.2) is 47.5 Å². The number of hydrogen-bond acceptors (Lipinski definition) is 5. The fraction of sp³-hybridized carbons (Fsp3) is 0.389. The third-order valence-electron chi connectivity index (χ3n) is 4.40. The molecule has 2 heterocycles. The number of rotatable bonds is 3. The minimum atomic E-state index is -0.0670. The average molecular weight is 326 g/mol. The van der Waals surface area contributed by atoms with Crippen LogP contribution in [0.2, 0.25) is 0 Å². The van der Waals surface area contributed by atoms with Crippen LogP contribution in [0.25, 0.3) is 0 Å². The number of methoxy groups -OCH3 is 1. The Kier molecular flexibility index (Phi) is 4.64. The van der Waals surface area contributed by atoms with Crippen LogP contribution < -0.4 is 9.64 Å². The molecule has 0 spiro atoms. The first kappa shape index (κ1) is 16.2. The van der Waals surface area contributed by atoms with Crippen molar-refractivity contribution in [3.63, 3.8) is 0 Å². The Bertz CT molecular complexity index is 734. The number of piperazine rings is 1. The van der Waals surface area contributed by atoms with Gasteiger partial charge in [0.15, 0.2) is 0 Å². The lowest BCUT2D eigenvalue weighted by atomic mass is 10.0. The Morgan fingerprint density at radius 1 is 1.25 bits per heavy atom. The quantitative estimate of drug-likeness (QED) is 0.865. The lowest BCUT2D eigenvalue weighted by Gasteiger charge is -2.42. The molecular weight excluding hydrogens is 304 g/mol. The first-order valence-electron chi connectivity index (χ1n) is 8.04. The van der Waals surface area contributed by atoms with Gasteiger partial charge in [0, 0.05) is 43.9 Å². The standard InChI is InChI=1S/C18H22N4O2/c1-13-10-18(20-12-19-13)21-8-9-22(14(2)23)16(11-21)15-6-4-5-7-17(15)24-3/h4-7,10,12,16H,8-9,11H2,1-3H3/t16-/m1/s1. The highest BCUT2D eigenvalue weighted by Gasteiger charge is 2.32. The molecule has 1 atom stereocenters. The van der Waals surface area contributed by atoms with Gasteiger partial charge in [-0.3, -0.25) is 4.79 Å². The molecule has 6 heteroatoms. The first-order valence-corrected chi connectivity index (χ1v) is 8.04. The van der Waals surface area contributed by atoms with Crippen LogP contribution >= 0.6 is 0 Å². The number of nitrogens with zero attached hydrogens (tertiary/aromatic N) is 4. The number of carbonyl (C=O) groups is 1. The highest BCUT2D eigenvalue weighted by molar-refractivity contribution is 5.74. The van der Waals surface area contributed by atoms with Gasteiger partial charge < -0.3 is 14.5 Å². The van der Waals surface area contributed by atoms with Gasteiger partial charge >= 0.3 is 0 Å². The molecule has 1 amide bonds. The molecular formula is C18H22N4O2. The number of ether oxygens (including phenoxy) is 1. The summed E-state index contributed by atoms with van der Waals surface area (Å²) < 4.78 is 5.50. The molecule has 1 aromatic heterocycles. The van der Waals surface area contributed by atoms with E-state index in [1.54, 1.807) is 20.4 Å². The zero-order chi connectivity index (χ0) is 17.1. The predicted octanol–water partition coefficient (Wildman–Crippen LogP) is 2.20. The van der Waals surface area contributed by atoms with Crippen molar-refractivity contribution in [1.82, 2.24) is 14.9 Å². The molecule has 6 nitrogen and oxygen atoms in total. The van der Waals surface area contributed by atoms with E-state index in [4.69, 9.17) is 4.74 Å². The van der Waals surface area contributed by atoms with Gasteiger partial charge in [0.25, 0.3) is 0 Å². The van der Waals surface area contributed by atoms with E-state index in [0.717, 1.165) is 29.4 Å². The van der Waals surface area contributed by atoms with Gasteiger partial charge in [-0.05, 0) is 13.0 Å². The second-order valence-electron chi connectivity index (χ2n) is 5.93. The predicted molar refractivity (Wildman–Crippen MR) is 92.1 cm³/mol. The Labute approximate surface area is 142 Å². The van der Waals surface area contributed by atoms with Crippen LogP contribution in [-0.2, 0) is 4.79 Å². The summed E-state index contributed by atoms with van der Waals surface area (Å²) in [6, 6.07) is 9.78. The number of benzene rings is 1. The monoisotopic (exact) mass is 326 g/mol. The zero-order valence-electron chi connectivity index (χ0n) is 14.3. The van der Waals surface area contributed by atoms with Gasteiger partial charge in [0.2, 0.25) is 5.91 Å². The molecule has 0 saturated carbocycles. The largest absolute Gasteiger partial charge is 0.496 e. The van der Waals surface area contributed by atoms with Crippen LogP contribution in [0.15, 0.2) is 36.7 Å². The fourth-order valence-corrected chi connectivity index (χ4v) is 3.19. The normalized spacial score (nSPS) is 17.7. The van der Waals surface area contributed by atoms with Crippen molar-refractivity contribution < 1.29 is 9.53 Å². The van der Waals surface area contributed by atoms with E-state index >= 15 is 0 Å². The molecule has 1 aliphatic heterocycles. The lowest BCUT2D eigenvalue weighted by molar-refractivity contribution is -0.131. The first-order chi connectivity index (χ1) is 11.6. The second kappa shape index (κ2) is 6.86. The van der Waals surface area contributed by atoms with E-state index in [0.29, 0.717) is 13.1 Å². The molecule has 0 bridgehead atoms. The van der Waals surface area contributed by atoms with Crippen molar-refractivity contribution >= 4 is 11.7 Å². The molecule has 0 radical (unpaired) electrons. The van der Waals surface area contributed by atoms with Gasteiger partial charge in [-0.2, -0.15) is 0 Å². The molecule has 1 fully saturated rings. The summed E-state index contributed by atoms with van der Waals surface area (Å²) in [5.41, 5.74) is 1.95. The maximum atomic E-state index is 12.1. The van der Waals surface area contributed by atoms with E-state index < -0.39 is 0 Å². The van der Waals surface area contributed by atoms with Crippen molar-refractivity contribution in [1.29, 1.82) is 0 Å². The summed E-state index contributed by atoms with van der Waals surface area (Å²) >= 11 is 0. The molecule has 0 aliphatic carbocycles. The number of para-hydroxylation sites is 1. The molecule has 0 N–H and O–H groups in total. The van der Waals surface area contributed by atoms with Crippen molar-refractivity contribution in [2.24, 2.45) is 0 Å². The molecule has 126 valence electrons. The lowest BCUT2D eigenvalue weighted by Crippen LogP contribution is -2.50. The van der Waals surface area contributed by atoms with E-state index in [1.807, 2.05) is 42.2 Å². The average Bonchev–Trinajstić information content (AvgIpc) is 2.61. The molecule has 1 aromatic carbocycles. The maximum Gasteiger partial charge on any atom is 0.220 e. The van der Waals surface area contributed by atoms with Crippen LogP contribution in [0, 0.1) is 6.92 Å². The van der Waals surface area contributed by atoms with Gasteiger partial charge in [0.05, 0.1) is 13.2 Å². The summed E-state index contributed by atoms with van der Waals surface area (Å²) in [6.45, 7) is 5.65. The summed E-state index contributed by atoms with van der Waals surface area (Å²) in [7, 11) is 1.66. The van der Waals surface area contributed by atoms with E-state index in [1.165, 1.54) is 0 Å². The molecule has 0 unspecified atom stereocenters. The minimum absolute atomic E-state index is 0.0670. The number of carbonyl (C=O) groups excluding carboxylic acids is 1. The molecule has 1 aliphatic rings. The van der Waals surface area contributed by atoms with Crippen LogP contribution in [0.4, 0.5) is 5.82 Å². The van der Waals surface area contributed by atoms with Crippen LogP contribution in [0.3, 0.4) is 0 Å². The van der Waals surface area contributed by atoms with Crippen molar-refractivity contribution in [2.45, 2.75) is 19.9 Å². The summed E-state index contributed by atoms with van der Waals surface area (Å²) in [4.78, 5) is 24.8. The molecule has 1 saturated heterocycles. The topological polar surface area (TPSA) is 58.6 Å². The number of aryl methyl sites for hydroxylation is 1. The Morgan fingerprint density at radius 3 is 2.75 bits per heavy atom. The molecule has 2 aromatic rings. The van der Waals surface area contributed by atoms with E-state index in [9.17, 15) is 4.79 Å². The Morgan fingerprint density at radius 2 is 2.04 bits per heavy atom. The van der Waals surface area contributed by atoms with Gasteiger partial charge in [-0.15, -0.1) is 0 Å². The number of aromatic nitrogens is 2. The summed E-state index contributed by atoms with van der Waals surface area (Å²) in [6.07, 6.45) is 1.58. The fourth-order valence-electron chi connectivity index (χ4n) is 3.19. The highest BCUT2D eigenvalue weighted by atomic mass is 16.5. The van der Waals surface area contributed by atoms with E-state index in [-0.39, 0.29) is 11.9 Å². The minimum Gasteiger partial charge on any atom is -0.496 e. The van der Waals surface area contributed by atoms with Crippen LogP contribution in [0.1, 0.15) is 24.2 Å². The Balaban J connectivity index is 1.94. The summed E-state index contributed by atoms with van der Waals surface area (Å²) in [5, 5.41) is 0. The highest BCUT2D eigenvalue weighted by Crippen LogP contribution is 2.33. The number of amides is 1. The third-order valence-corrected chi connectivity index (χ3v) is 4.40. The SMILES string of the molecule is COc1ccccc1[C@H]1CN(c2cc(C)ncn2)CCN1C(C)=O. The van der Waals surface area contributed by atoms with Crippen molar-refractivity contribution in [3.8, 4) is 5.75 Å². The molecule has 3 rings (SSSR count). The molecule has 24 heavy (non-hydrogen) atoms. The zero-order valence-corrected chi connectivity index (χ0v) is 14.3. The third kappa shape index (κ3) is 3.18. The van der Waals surface area contributed by atoms with Gasteiger partial charge in [-0.1, -0.05) is 18.2 Å². The van der Waals surface area contributed by atoms with E-state index in [2.05, 4.69) is 14.9 Å². The number of anilines is 1. The second-order valence-corrected chi connectivity index (χ2v) is 5.93. The Hall–Kier alpha value is -2.63. The van der Waals surface area contributed by atoms with Crippen molar-refractivity contribution in [2.75, 3.05) is 31.6 Å².